The van der Waals surface area contributed by atoms with Crippen molar-refractivity contribution in [3.8, 4) is 6.07 Å². The Morgan fingerprint density at radius 3 is 3.00 bits per heavy atom. The van der Waals surface area contributed by atoms with Crippen molar-refractivity contribution in [2.24, 2.45) is 4.99 Å². The first kappa shape index (κ1) is 8.64. The Hall–Kier alpha value is -1.95. The first-order valence-electron chi connectivity index (χ1n) is 3.94. The molecule has 1 aromatic carbocycles. The van der Waals surface area contributed by atoms with Crippen molar-refractivity contribution in [1.82, 2.24) is 4.98 Å². The molecule has 0 aliphatic carbocycles. The van der Waals surface area contributed by atoms with Crippen LogP contribution in [-0.2, 0) is 0 Å². The summed E-state index contributed by atoms with van der Waals surface area (Å²) in [5, 5.41) is 12.0. The second kappa shape index (κ2) is 3.43. The number of hydrogen-bond acceptors (Lipinski definition) is 3. The van der Waals surface area contributed by atoms with Gasteiger partial charge in [-0.05, 0) is 30.4 Å². The number of isothiocyanates is 1. The summed E-state index contributed by atoms with van der Waals surface area (Å²) in [7, 11) is 0. The van der Waals surface area contributed by atoms with Gasteiger partial charge in [0.15, 0.2) is 0 Å². The Bertz CT molecular complexity index is 571. The van der Waals surface area contributed by atoms with Crippen LogP contribution in [0.5, 0.6) is 0 Å². The number of rotatable bonds is 1. The van der Waals surface area contributed by atoms with E-state index in [0.29, 0.717) is 5.56 Å². The number of nitrogens with one attached hydrogen (secondary N) is 1. The van der Waals surface area contributed by atoms with E-state index in [9.17, 15) is 0 Å². The topological polar surface area (TPSA) is 51.9 Å². The van der Waals surface area contributed by atoms with Crippen LogP contribution in [0.25, 0.3) is 10.9 Å². The lowest BCUT2D eigenvalue weighted by Crippen LogP contribution is -1.69. The molecule has 14 heavy (non-hydrogen) atoms. The zero-order valence-corrected chi connectivity index (χ0v) is 7.93. The summed E-state index contributed by atoms with van der Waals surface area (Å²) in [6.07, 6.45) is 1.68. The summed E-state index contributed by atoms with van der Waals surface area (Å²) >= 11 is 4.51. The number of aliphatic imine (C=N–C) groups is 1. The van der Waals surface area contributed by atoms with E-state index in [-0.39, 0.29) is 0 Å². The quantitative estimate of drug-likeness (QED) is 0.567. The maximum absolute atomic E-state index is 8.77. The van der Waals surface area contributed by atoms with E-state index in [4.69, 9.17) is 5.26 Å². The van der Waals surface area contributed by atoms with Gasteiger partial charge in [0, 0.05) is 17.1 Å². The number of H-pyrrole nitrogens is 1. The Labute approximate surface area is 85.7 Å². The predicted octanol–water partition coefficient (Wildman–Crippen LogP) is 2.77. The van der Waals surface area contributed by atoms with Crippen molar-refractivity contribution in [2.75, 3.05) is 0 Å². The minimum atomic E-state index is 0.637. The van der Waals surface area contributed by atoms with Crippen LogP contribution in [0.4, 0.5) is 5.69 Å². The number of fused-ring (bicyclic) bond motifs is 1. The molecule has 0 unspecified atom stereocenters. The molecule has 0 aliphatic rings. The first-order valence-corrected chi connectivity index (χ1v) is 4.35. The molecule has 0 bridgehead atoms. The number of thiocarbonyl (C=S) groups is 1. The van der Waals surface area contributed by atoms with Crippen LogP contribution in [0.2, 0.25) is 0 Å². The molecule has 0 aliphatic heterocycles. The highest BCUT2D eigenvalue weighted by Gasteiger charge is 2.02. The van der Waals surface area contributed by atoms with Crippen molar-refractivity contribution in [3.05, 3.63) is 30.0 Å². The van der Waals surface area contributed by atoms with E-state index in [1.165, 1.54) is 0 Å². The second-order valence-corrected chi connectivity index (χ2v) is 2.93. The molecule has 0 fully saturated rings. The van der Waals surface area contributed by atoms with Crippen molar-refractivity contribution < 1.29 is 0 Å². The third kappa shape index (κ3) is 1.31. The fourth-order valence-electron chi connectivity index (χ4n) is 1.33. The van der Waals surface area contributed by atoms with E-state index >= 15 is 0 Å². The smallest absolute Gasteiger partial charge is 0.101 e. The highest BCUT2D eigenvalue weighted by Crippen LogP contribution is 2.22. The van der Waals surface area contributed by atoms with Gasteiger partial charge in [0.05, 0.1) is 16.4 Å². The molecule has 0 radical (unpaired) electrons. The second-order valence-electron chi connectivity index (χ2n) is 2.75. The summed E-state index contributed by atoms with van der Waals surface area (Å²) in [4.78, 5) is 6.85. The molecule has 0 atom stereocenters. The molecule has 1 heterocycles. The molecular formula is C10H5N3S. The van der Waals surface area contributed by atoms with Crippen molar-refractivity contribution in [1.29, 1.82) is 5.26 Å². The van der Waals surface area contributed by atoms with Crippen LogP contribution in [0, 0.1) is 11.3 Å². The zero-order valence-electron chi connectivity index (χ0n) is 7.11. The van der Waals surface area contributed by atoms with Gasteiger partial charge in [0.25, 0.3) is 0 Å². The number of nitriles is 1. The average molecular weight is 199 g/mol. The minimum absolute atomic E-state index is 0.637. The molecule has 0 spiro atoms. The lowest BCUT2D eigenvalue weighted by Gasteiger charge is -1.91. The van der Waals surface area contributed by atoms with E-state index in [2.05, 4.69) is 33.4 Å². The maximum Gasteiger partial charge on any atom is 0.101 e. The Morgan fingerprint density at radius 2 is 2.29 bits per heavy atom. The van der Waals surface area contributed by atoms with Crippen LogP contribution in [0.1, 0.15) is 5.56 Å². The van der Waals surface area contributed by atoms with Gasteiger partial charge in [-0.15, -0.1) is 0 Å². The number of nitrogens with zero attached hydrogens (tertiary/aromatic N) is 2. The fraction of sp³-hybridized carbons (Fsp3) is 0. The summed E-state index contributed by atoms with van der Waals surface area (Å²) in [5.74, 6) is 0. The highest BCUT2D eigenvalue weighted by atomic mass is 32.1. The lowest BCUT2D eigenvalue weighted by molar-refractivity contribution is 1.44. The number of benzene rings is 1. The molecule has 2 aromatic rings. The van der Waals surface area contributed by atoms with E-state index in [1.54, 1.807) is 12.3 Å². The fourth-order valence-corrected chi connectivity index (χ4v) is 1.43. The Morgan fingerprint density at radius 1 is 1.43 bits per heavy atom. The van der Waals surface area contributed by atoms with Crippen LogP contribution in [-0.4, -0.2) is 10.1 Å². The minimum Gasteiger partial charge on any atom is -0.360 e. The van der Waals surface area contributed by atoms with Crippen LogP contribution >= 0.6 is 12.2 Å². The lowest BCUT2D eigenvalue weighted by atomic mass is 10.2. The first-order chi connectivity index (χ1) is 6.85. The molecule has 66 valence electrons. The molecule has 1 N–H and O–H groups in total. The third-order valence-corrected chi connectivity index (χ3v) is 2.05. The normalized spacial score (nSPS) is 9.36. The Kier molecular flexibility index (Phi) is 2.11. The molecule has 0 amide bonds. The molecule has 4 heteroatoms. The summed E-state index contributed by atoms with van der Waals surface area (Å²) in [6, 6.07) is 7.58. The van der Waals surface area contributed by atoms with Gasteiger partial charge in [0.1, 0.15) is 6.07 Å². The van der Waals surface area contributed by atoms with Crippen LogP contribution in [0.15, 0.2) is 29.4 Å². The zero-order chi connectivity index (χ0) is 9.97. The number of aromatic amines is 1. The van der Waals surface area contributed by atoms with E-state index in [0.717, 1.165) is 16.6 Å². The monoisotopic (exact) mass is 199 g/mol. The van der Waals surface area contributed by atoms with Gasteiger partial charge in [-0.25, -0.2) is 0 Å². The van der Waals surface area contributed by atoms with Crippen molar-refractivity contribution in [3.63, 3.8) is 0 Å². The van der Waals surface area contributed by atoms with Crippen molar-refractivity contribution >= 4 is 34.0 Å². The molecule has 0 saturated carbocycles. The van der Waals surface area contributed by atoms with Gasteiger partial charge < -0.3 is 4.98 Å². The maximum atomic E-state index is 8.77. The van der Waals surface area contributed by atoms with E-state index < -0.39 is 0 Å². The van der Waals surface area contributed by atoms with Gasteiger partial charge in [0.2, 0.25) is 0 Å². The number of aromatic nitrogens is 1. The largest absolute Gasteiger partial charge is 0.360 e. The average Bonchev–Trinajstić information content (AvgIpc) is 2.60. The molecule has 1 aromatic heterocycles. The van der Waals surface area contributed by atoms with E-state index in [1.807, 2.05) is 12.1 Å². The van der Waals surface area contributed by atoms with Gasteiger partial charge >= 0.3 is 0 Å². The summed E-state index contributed by atoms with van der Waals surface area (Å²) < 4.78 is 0. The predicted molar refractivity (Wildman–Crippen MR) is 57.7 cm³/mol. The molecule has 2 rings (SSSR count). The van der Waals surface area contributed by atoms with Crippen molar-refractivity contribution in [2.45, 2.75) is 0 Å². The SMILES string of the molecule is N#Cc1c[nH]c2cc(N=C=S)ccc12. The number of hydrogen-bond donors (Lipinski definition) is 1. The molecule has 0 saturated heterocycles. The summed E-state index contributed by atoms with van der Waals surface area (Å²) in [5.41, 5.74) is 2.25. The highest BCUT2D eigenvalue weighted by molar-refractivity contribution is 7.78. The third-order valence-electron chi connectivity index (χ3n) is 1.96. The molecular weight excluding hydrogens is 194 g/mol. The standard InChI is InChI=1S/C10H5N3S/c11-4-7-5-12-10-3-8(13-6-14)1-2-9(7)10/h1-3,5,12H. The summed E-state index contributed by atoms with van der Waals surface area (Å²) in [6.45, 7) is 0. The van der Waals surface area contributed by atoms with Crippen LogP contribution < -0.4 is 0 Å². The molecule has 3 nitrogen and oxygen atoms in total. The van der Waals surface area contributed by atoms with Gasteiger partial charge in [-0.2, -0.15) is 10.3 Å². The van der Waals surface area contributed by atoms with Crippen LogP contribution in [0.3, 0.4) is 0 Å². The Balaban J connectivity index is 2.70. The van der Waals surface area contributed by atoms with Gasteiger partial charge in [-0.1, -0.05) is 0 Å². The van der Waals surface area contributed by atoms with Gasteiger partial charge in [-0.3, -0.25) is 0 Å².